The fourth-order valence-electron chi connectivity index (χ4n) is 3.25. The van der Waals surface area contributed by atoms with Gasteiger partial charge in [-0.3, -0.25) is 19.3 Å². The van der Waals surface area contributed by atoms with Crippen LogP contribution in [0.5, 0.6) is 0 Å². The predicted octanol–water partition coefficient (Wildman–Crippen LogP) is 2.67. The smallest absolute Gasteiger partial charge is 0.233 e. The van der Waals surface area contributed by atoms with E-state index in [1.54, 1.807) is 19.1 Å². The van der Waals surface area contributed by atoms with Crippen LogP contribution in [0.1, 0.15) is 35.7 Å². The topological polar surface area (TPSA) is 54.5 Å². The highest BCUT2D eigenvalue weighted by molar-refractivity contribution is 6.43. The molecule has 104 valence electrons. The van der Waals surface area contributed by atoms with Crippen LogP contribution in [0.3, 0.4) is 0 Å². The normalized spacial score (nSPS) is 27.8. The molecule has 4 nitrogen and oxygen atoms in total. The highest BCUT2D eigenvalue weighted by atomic mass is 35.5. The third kappa shape index (κ3) is 1.52. The SMILES string of the molecule is CC(=O)N1C(=O)[C@@H](C)[C@H]2c3c(ccc(Cl)c3Cl)C(=O)[C@H]21. The van der Waals surface area contributed by atoms with Crippen LogP contribution in [0.4, 0.5) is 0 Å². The van der Waals surface area contributed by atoms with E-state index in [1.165, 1.54) is 6.92 Å². The highest BCUT2D eigenvalue weighted by Gasteiger charge is 2.57. The zero-order valence-corrected chi connectivity index (χ0v) is 12.3. The van der Waals surface area contributed by atoms with E-state index in [4.69, 9.17) is 23.2 Å². The number of ketones is 1. The summed E-state index contributed by atoms with van der Waals surface area (Å²) < 4.78 is 0. The number of Topliss-reactive ketones (excluding diaryl/α,β-unsaturated/α-hetero) is 1. The Balaban J connectivity index is 2.24. The predicted molar refractivity (Wildman–Crippen MR) is 74.0 cm³/mol. The molecule has 1 aliphatic carbocycles. The third-order valence-electron chi connectivity index (χ3n) is 4.12. The average Bonchev–Trinajstić information content (AvgIpc) is 2.81. The summed E-state index contributed by atoms with van der Waals surface area (Å²) in [7, 11) is 0. The molecule has 6 heteroatoms. The van der Waals surface area contributed by atoms with Gasteiger partial charge in [-0.1, -0.05) is 30.1 Å². The molecule has 0 bridgehead atoms. The molecule has 1 fully saturated rings. The van der Waals surface area contributed by atoms with E-state index >= 15 is 0 Å². The number of likely N-dealkylation sites (tertiary alicyclic amines) is 1. The lowest BCUT2D eigenvalue weighted by molar-refractivity contribution is -0.143. The number of carbonyl (C=O) groups excluding carboxylic acids is 3. The number of halogens is 2. The number of imide groups is 1. The van der Waals surface area contributed by atoms with Gasteiger partial charge in [-0.15, -0.1) is 0 Å². The lowest BCUT2D eigenvalue weighted by Gasteiger charge is -2.18. The van der Waals surface area contributed by atoms with Crippen LogP contribution in [0, 0.1) is 5.92 Å². The molecular formula is C14H11Cl2NO3. The molecular weight excluding hydrogens is 301 g/mol. The molecule has 3 atom stereocenters. The zero-order chi connectivity index (χ0) is 14.8. The number of hydrogen-bond donors (Lipinski definition) is 0. The first-order valence-corrected chi connectivity index (χ1v) is 6.97. The minimum atomic E-state index is -0.777. The molecule has 0 saturated carbocycles. The first kappa shape index (κ1) is 13.6. The van der Waals surface area contributed by atoms with Crippen LogP contribution in [0.15, 0.2) is 12.1 Å². The van der Waals surface area contributed by atoms with E-state index in [-0.39, 0.29) is 11.7 Å². The summed E-state index contributed by atoms with van der Waals surface area (Å²) in [5, 5.41) is 0.648. The van der Waals surface area contributed by atoms with E-state index in [0.29, 0.717) is 21.2 Å². The lowest BCUT2D eigenvalue weighted by Crippen LogP contribution is -2.41. The number of nitrogens with zero attached hydrogens (tertiary/aromatic N) is 1. The molecule has 1 aromatic rings. The van der Waals surface area contributed by atoms with Crippen molar-refractivity contribution in [2.24, 2.45) is 5.92 Å². The second kappa shape index (κ2) is 4.30. The number of rotatable bonds is 0. The second-order valence-electron chi connectivity index (χ2n) is 5.17. The number of carbonyl (C=O) groups is 3. The van der Waals surface area contributed by atoms with Crippen LogP contribution in [-0.4, -0.2) is 28.5 Å². The maximum absolute atomic E-state index is 12.5. The molecule has 0 N–H and O–H groups in total. The standard InChI is InChI=1S/C14H11Cl2NO3/c1-5-9-10-7(3-4-8(15)11(10)16)13(19)12(9)17(6(2)18)14(5)20/h3-5,9,12H,1-2H3/t5-,9-,12-/m0/s1. The van der Waals surface area contributed by atoms with Gasteiger partial charge in [0, 0.05) is 24.3 Å². The summed E-state index contributed by atoms with van der Waals surface area (Å²) in [6, 6.07) is 2.40. The molecule has 3 rings (SSSR count). The van der Waals surface area contributed by atoms with E-state index < -0.39 is 23.8 Å². The Kier molecular flexibility index (Phi) is 2.92. The van der Waals surface area contributed by atoms with Crippen molar-refractivity contribution in [3.63, 3.8) is 0 Å². The Bertz CT molecular complexity index is 671. The Morgan fingerprint density at radius 1 is 1.25 bits per heavy atom. The lowest BCUT2D eigenvalue weighted by atomic mass is 9.89. The minimum absolute atomic E-state index is 0.239. The molecule has 1 aliphatic heterocycles. The van der Waals surface area contributed by atoms with Crippen molar-refractivity contribution in [2.45, 2.75) is 25.8 Å². The van der Waals surface area contributed by atoms with Gasteiger partial charge in [0.1, 0.15) is 6.04 Å². The van der Waals surface area contributed by atoms with E-state index in [1.807, 2.05) is 0 Å². The molecule has 1 heterocycles. The van der Waals surface area contributed by atoms with Crippen molar-refractivity contribution in [3.05, 3.63) is 33.3 Å². The first-order valence-electron chi connectivity index (χ1n) is 6.22. The summed E-state index contributed by atoms with van der Waals surface area (Å²) in [5.74, 6) is -1.86. The van der Waals surface area contributed by atoms with Gasteiger partial charge in [-0.25, -0.2) is 0 Å². The van der Waals surface area contributed by atoms with Crippen molar-refractivity contribution in [2.75, 3.05) is 0 Å². The molecule has 1 aromatic carbocycles. The number of hydrogen-bond acceptors (Lipinski definition) is 3. The number of benzene rings is 1. The molecule has 20 heavy (non-hydrogen) atoms. The number of amides is 2. The van der Waals surface area contributed by atoms with E-state index in [2.05, 4.69) is 0 Å². The monoisotopic (exact) mass is 311 g/mol. The third-order valence-corrected chi connectivity index (χ3v) is 4.94. The number of fused-ring (bicyclic) bond motifs is 3. The van der Waals surface area contributed by atoms with Crippen molar-refractivity contribution in [1.82, 2.24) is 4.90 Å². The van der Waals surface area contributed by atoms with E-state index in [0.717, 1.165) is 4.90 Å². The quantitative estimate of drug-likeness (QED) is 0.740. The van der Waals surface area contributed by atoms with Gasteiger partial charge >= 0.3 is 0 Å². The summed E-state index contributed by atoms with van der Waals surface area (Å²) in [6.45, 7) is 3.00. The fourth-order valence-corrected chi connectivity index (χ4v) is 3.71. The van der Waals surface area contributed by atoms with E-state index in [9.17, 15) is 14.4 Å². The second-order valence-corrected chi connectivity index (χ2v) is 5.96. The molecule has 1 saturated heterocycles. The van der Waals surface area contributed by atoms with Crippen molar-refractivity contribution in [1.29, 1.82) is 0 Å². The maximum Gasteiger partial charge on any atom is 0.233 e. The molecule has 2 aliphatic rings. The highest BCUT2D eigenvalue weighted by Crippen LogP contribution is 2.50. The minimum Gasteiger partial charge on any atom is -0.292 e. The van der Waals surface area contributed by atoms with Gasteiger partial charge in [0.2, 0.25) is 11.8 Å². The van der Waals surface area contributed by atoms with Crippen molar-refractivity contribution < 1.29 is 14.4 Å². The molecule has 0 spiro atoms. The van der Waals surface area contributed by atoms with Gasteiger partial charge in [0.25, 0.3) is 0 Å². The molecule has 2 amide bonds. The maximum atomic E-state index is 12.5. The van der Waals surface area contributed by atoms with Crippen molar-refractivity contribution in [3.8, 4) is 0 Å². The Morgan fingerprint density at radius 3 is 2.50 bits per heavy atom. The van der Waals surface area contributed by atoms with Gasteiger partial charge in [0.05, 0.1) is 10.0 Å². The van der Waals surface area contributed by atoms with Crippen LogP contribution < -0.4 is 0 Å². The van der Waals surface area contributed by atoms with Crippen LogP contribution in [-0.2, 0) is 9.59 Å². The van der Waals surface area contributed by atoms with Crippen molar-refractivity contribution >= 4 is 40.8 Å². The van der Waals surface area contributed by atoms with Gasteiger partial charge < -0.3 is 0 Å². The molecule has 0 aromatic heterocycles. The molecule has 0 radical (unpaired) electrons. The largest absolute Gasteiger partial charge is 0.292 e. The Hall–Kier alpha value is -1.39. The van der Waals surface area contributed by atoms with Crippen LogP contribution in [0.2, 0.25) is 10.0 Å². The summed E-state index contributed by atoms with van der Waals surface area (Å²) >= 11 is 12.2. The van der Waals surface area contributed by atoms with Gasteiger partial charge in [-0.05, 0) is 17.7 Å². The fraction of sp³-hybridized carbons (Fsp3) is 0.357. The van der Waals surface area contributed by atoms with Crippen LogP contribution in [0.25, 0.3) is 0 Å². The summed E-state index contributed by atoms with van der Waals surface area (Å²) in [4.78, 5) is 37.4. The zero-order valence-electron chi connectivity index (χ0n) is 10.8. The van der Waals surface area contributed by atoms with Crippen LogP contribution >= 0.6 is 23.2 Å². The molecule has 0 unspecified atom stereocenters. The average molecular weight is 312 g/mol. The Labute approximate surface area is 125 Å². The van der Waals surface area contributed by atoms with Gasteiger partial charge in [0.15, 0.2) is 5.78 Å². The van der Waals surface area contributed by atoms with Gasteiger partial charge in [-0.2, -0.15) is 0 Å². The summed E-state index contributed by atoms with van der Waals surface area (Å²) in [6.07, 6.45) is 0. The first-order chi connectivity index (χ1) is 9.36. The Morgan fingerprint density at radius 2 is 1.90 bits per heavy atom. The summed E-state index contributed by atoms with van der Waals surface area (Å²) in [5.41, 5.74) is 1.05.